The molecule has 1 saturated heterocycles. The number of carbonyl (C=O) groups excluding carboxylic acids is 1. The molecule has 0 bridgehead atoms. The molecular formula is C13H20N6OS. The number of amides is 1. The summed E-state index contributed by atoms with van der Waals surface area (Å²) in [6, 6.07) is 2.10. The van der Waals surface area contributed by atoms with E-state index in [4.69, 9.17) is 5.26 Å². The van der Waals surface area contributed by atoms with Crippen molar-refractivity contribution in [2.24, 2.45) is 0 Å². The van der Waals surface area contributed by atoms with Crippen molar-refractivity contribution in [1.29, 1.82) is 5.26 Å². The first-order chi connectivity index (χ1) is 10.2. The molecule has 1 aromatic heterocycles. The van der Waals surface area contributed by atoms with Crippen LogP contribution in [0.4, 0.5) is 5.13 Å². The number of hydrogen-bond acceptors (Lipinski definition) is 7. The van der Waals surface area contributed by atoms with E-state index in [0.717, 1.165) is 19.3 Å². The summed E-state index contributed by atoms with van der Waals surface area (Å²) in [5, 5.41) is 19.4. The lowest BCUT2D eigenvalue weighted by atomic mass is 10.2. The largest absolute Gasteiger partial charge is 0.325 e. The predicted molar refractivity (Wildman–Crippen MR) is 80.3 cm³/mol. The number of nitrogens with zero attached hydrogens (tertiary/aromatic N) is 5. The maximum Gasteiger partial charge on any atom is 0.239 e. The van der Waals surface area contributed by atoms with E-state index in [9.17, 15) is 4.79 Å². The Labute approximate surface area is 128 Å². The van der Waals surface area contributed by atoms with Gasteiger partial charge in [0, 0.05) is 12.6 Å². The van der Waals surface area contributed by atoms with Gasteiger partial charge in [-0.05, 0) is 26.2 Å². The second-order valence-electron chi connectivity index (χ2n) is 5.12. The van der Waals surface area contributed by atoms with Crippen LogP contribution in [0.15, 0.2) is 5.51 Å². The number of anilines is 1. The highest BCUT2D eigenvalue weighted by Crippen LogP contribution is 2.18. The second-order valence-corrected chi connectivity index (χ2v) is 5.95. The van der Waals surface area contributed by atoms with Gasteiger partial charge in [0.05, 0.1) is 12.6 Å². The third-order valence-corrected chi connectivity index (χ3v) is 4.35. The first-order valence-electron chi connectivity index (χ1n) is 7.14. The van der Waals surface area contributed by atoms with Gasteiger partial charge in [0.2, 0.25) is 11.0 Å². The summed E-state index contributed by atoms with van der Waals surface area (Å²) in [5.74, 6) is -0.0173. The highest BCUT2D eigenvalue weighted by atomic mass is 32.1. The van der Waals surface area contributed by atoms with Crippen molar-refractivity contribution in [3.05, 3.63) is 5.51 Å². The molecule has 114 valence electrons. The molecule has 1 aliphatic heterocycles. The van der Waals surface area contributed by atoms with Crippen LogP contribution in [0, 0.1) is 11.3 Å². The molecule has 8 heteroatoms. The molecule has 21 heavy (non-hydrogen) atoms. The molecule has 0 aromatic carbocycles. The van der Waals surface area contributed by atoms with Crippen LogP contribution in [-0.4, -0.2) is 51.2 Å². The Kier molecular flexibility index (Phi) is 5.47. The van der Waals surface area contributed by atoms with Crippen molar-refractivity contribution in [2.75, 3.05) is 18.5 Å². The molecule has 0 saturated carbocycles. The summed E-state index contributed by atoms with van der Waals surface area (Å²) in [6.45, 7) is 5.02. The van der Waals surface area contributed by atoms with E-state index in [0.29, 0.717) is 11.7 Å². The SMILES string of the molecule is CC[C@H](C)N(CC(=O)N1CCCC1C#N)Nc1nncs1. The zero-order valence-electron chi connectivity index (χ0n) is 12.3. The molecule has 0 spiro atoms. The van der Waals surface area contributed by atoms with Crippen molar-refractivity contribution in [2.45, 2.75) is 45.2 Å². The lowest BCUT2D eigenvalue weighted by Crippen LogP contribution is -2.47. The van der Waals surface area contributed by atoms with E-state index in [1.807, 2.05) is 11.9 Å². The molecule has 2 rings (SSSR count). The third-order valence-electron chi connectivity index (χ3n) is 3.75. The molecule has 0 radical (unpaired) electrons. The average Bonchev–Trinajstić information content (AvgIpc) is 3.16. The predicted octanol–water partition coefficient (Wildman–Crippen LogP) is 1.48. The molecule has 1 fully saturated rings. The Morgan fingerprint density at radius 1 is 1.76 bits per heavy atom. The topological polar surface area (TPSA) is 85.2 Å². The van der Waals surface area contributed by atoms with E-state index in [1.165, 1.54) is 11.3 Å². The van der Waals surface area contributed by atoms with Gasteiger partial charge in [-0.2, -0.15) is 5.26 Å². The van der Waals surface area contributed by atoms with Gasteiger partial charge in [-0.15, -0.1) is 10.2 Å². The highest BCUT2D eigenvalue weighted by molar-refractivity contribution is 7.13. The van der Waals surface area contributed by atoms with Crippen molar-refractivity contribution >= 4 is 22.4 Å². The van der Waals surface area contributed by atoms with Crippen LogP contribution in [-0.2, 0) is 4.79 Å². The van der Waals surface area contributed by atoms with Gasteiger partial charge in [-0.25, -0.2) is 5.01 Å². The Morgan fingerprint density at radius 2 is 2.57 bits per heavy atom. The summed E-state index contributed by atoms with van der Waals surface area (Å²) >= 11 is 1.39. The minimum Gasteiger partial charge on any atom is -0.325 e. The molecule has 2 heterocycles. The first kappa shape index (κ1) is 15.7. The van der Waals surface area contributed by atoms with Gasteiger partial charge in [0.1, 0.15) is 11.6 Å². The summed E-state index contributed by atoms with van der Waals surface area (Å²) in [7, 11) is 0. The summed E-state index contributed by atoms with van der Waals surface area (Å²) in [4.78, 5) is 14.1. The van der Waals surface area contributed by atoms with E-state index < -0.39 is 0 Å². The lowest BCUT2D eigenvalue weighted by Gasteiger charge is -2.30. The van der Waals surface area contributed by atoms with Gasteiger partial charge in [-0.1, -0.05) is 18.3 Å². The fraction of sp³-hybridized carbons (Fsp3) is 0.692. The van der Waals surface area contributed by atoms with Crippen LogP contribution in [0.3, 0.4) is 0 Å². The second kappa shape index (κ2) is 7.33. The number of hydrogen-bond donors (Lipinski definition) is 1. The molecule has 1 aliphatic rings. The van der Waals surface area contributed by atoms with Crippen molar-refractivity contribution in [1.82, 2.24) is 20.1 Å². The van der Waals surface area contributed by atoms with Gasteiger partial charge in [0.25, 0.3) is 0 Å². The summed E-state index contributed by atoms with van der Waals surface area (Å²) < 4.78 is 0. The number of aromatic nitrogens is 2. The van der Waals surface area contributed by atoms with Crippen molar-refractivity contribution < 1.29 is 4.79 Å². The maximum absolute atomic E-state index is 12.4. The van der Waals surface area contributed by atoms with Gasteiger partial charge >= 0.3 is 0 Å². The van der Waals surface area contributed by atoms with Gasteiger partial charge < -0.3 is 4.90 Å². The Balaban J connectivity index is 2.01. The molecule has 2 atom stereocenters. The number of likely N-dealkylation sites (tertiary alicyclic amines) is 1. The standard InChI is InChI=1S/C13H20N6OS/c1-3-10(2)19(17-13-16-15-9-21-13)8-12(20)18-6-4-5-11(18)7-14/h9-11H,3-6,8H2,1-2H3,(H,16,17)/t10-,11?/m0/s1. The maximum atomic E-state index is 12.4. The number of hydrazine groups is 1. The fourth-order valence-corrected chi connectivity index (χ4v) is 2.76. The van der Waals surface area contributed by atoms with Crippen molar-refractivity contribution in [3.8, 4) is 6.07 Å². The zero-order chi connectivity index (χ0) is 15.2. The van der Waals surface area contributed by atoms with Gasteiger partial charge in [0.15, 0.2) is 0 Å². The van der Waals surface area contributed by atoms with Crippen LogP contribution in [0.1, 0.15) is 33.1 Å². The monoisotopic (exact) mass is 308 g/mol. The zero-order valence-corrected chi connectivity index (χ0v) is 13.1. The van der Waals surface area contributed by atoms with E-state index in [2.05, 4.69) is 28.6 Å². The molecule has 1 unspecified atom stereocenters. The van der Waals surface area contributed by atoms with Crippen molar-refractivity contribution in [3.63, 3.8) is 0 Å². The fourth-order valence-electron chi connectivity index (χ4n) is 2.31. The minimum absolute atomic E-state index is 0.0173. The minimum atomic E-state index is -0.280. The summed E-state index contributed by atoms with van der Waals surface area (Å²) in [5.41, 5.74) is 4.79. The van der Waals surface area contributed by atoms with Crippen LogP contribution < -0.4 is 5.43 Å². The quantitative estimate of drug-likeness (QED) is 0.801. The van der Waals surface area contributed by atoms with Crippen LogP contribution in [0.25, 0.3) is 0 Å². The molecule has 1 amide bonds. The van der Waals surface area contributed by atoms with E-state index in [-0.39, 0.29) is 24.5 Å². The van der Waals surface area contributed by atoms with Gasteiger partial charge in [-0.3, -0.25) is 10.2 Å². The lowest BCUT2D eigenvalue weighted by molar-refractivity contribution is -0.132. The smallest absolute Gasteiger partial charge is 0.239 e. The number of nitriles is 1. The van der Waals surface area contributed by atoms with Crippen LogP contribution >= 0.6 is 11.3 Å². The van der Waals surface area contributed by atoms with E-state index in [1.54, 1.807) is 10.4 Å². The molecule has 1 N–H and O–H groups in total. The molecule has 0 aliphatic carbocycles. The van der Waals surface area contributed by atoms with Crippen LogP contribution in [0.5, 0.6) is 0 Å². The number of nitrogens with one attached hydrogen (secondary N) is 1. The number of rotatable bonds is 6. The highest BCUT2D eigenvalue weighted by Gasteiger charge is 2.30. The Bertz CT molecular complexity index is 499. The molecule has 1 aromatic rings. The first-order valence-corrected chi connectivity index (χ1v) is 8.02. The Hall–Kier alpha value is -1.72. The number of carbonyl (C=O) groups is 1. The summed E-state index contributed by atoms with van der Waals surface area (Å²) in [6.07, 6.45) is 2.58. The average molecular weight is 308 g/mol. The molecular weight excluding hydrogens is 288 g/mol. The molecule has 7 nitrogen and oxygen atoms in total. The Morgan fingerprint density at radius 3 is 3.19 bits per heavy atom. The van der Waals surface area contributed by atoms with Crippen LogP contribution in [0.2, 0.25) is 0 Å². The normalized spacial score (nSPS) is 19.5. The van der Waals surface area contributed by atoms with E-state index >= 15 is 0 Å². The third kappa shape index (κ3) is 3.89.